The van der Waals surface area contributed by atoms with Crippen LogP contribution in [-0.2, 0) is 0 Å². The fourth-order valence-corrected chi connectivity index (χ4v) is 1.27. The van der Waals surface area contributed by atoms with E-state index in [4.69, 9.17) is 23.2 Å². The highest BCUT2D eigenvalue weighted by atomic mass is 35.5. The summed E-state index contributed by atoms with van der Waals surface area (Å²) in [6.07, 6.45) is -0.861. The molecule has 66 valence electrons. The van der Waals surface area contributed by atoms with Crippen molar-refractivity contribution in [3.05, 3.63) is 34.6 Å². The first-order valence-corrected chi connectivity index (χ1v) is 4.24. The van der Waals surface area contributed by atoms with Crippen molar-refractivity contribution in [2.45, 2.75) is 6.10 Å². The molecule has 0 aliphatic rings. The second-order valence-corrected chi connectivity index (χ2v) is 3.12. The Hall–Kier alpha value is -0.310. The molecule has 0 bridgehead atoms. The fraction of sp³-hybridized carbons (Fsp3) is 0.250. The van der Waals surface area contributed by atoms with E-state index in [-0.39, 0.29) is 10.9 Å². The Morgan fingerprint density at radius 1 is 1.42 bits per heavy atom. The molecule has 0 aliphatic heterocycles. The summed E-state index contributed by atoms with van der Waals surface area (Å²) in [7, 11) is 0. The zero-order chi connectivity index (χ0) is 9.14. The Morgan fingerprint density at radius 2 is 2.08 bits per heavy atom. The van der Waals surface area contributed by atoms with Crippen LogP contribution in [0.5, 0.6) is 0 Å². The van der Waals surface area contributed by atoms with Gasteiger partial charge in [-0.25, -0.2) is 4.39 Å². The minimum absolute atomic E-state index is 0.0276. The summed E-state index contributed by atoms with van der Waals surface area (Å²) in [5, 5.41) is 9.48. The van der Waals surface area contributed by atoms with Crippen LogP contribution >= 0.6 is 23.2 Å². The third-order valence-electron chi connectivity index (χ3n) is 1.42. The normalized spacial score (nSPS) is 13.0. The molecular weight excluding hydrogens is 202 g/mol. The van der Waals surface area contributed by atoms with Crippen molar-refractivity contribution in [1.82, 2.24) is 0 Å². The van der Waals surface area contributed by atoms with E-state index in [1.807, 2.05) is 0 Å². The summed E-state index contributed by atoms with van der Waals surface area (Å²) in [4.78, 5) is 0. The van der Waals surface area contributed by atoms with Crippen molar-refractivity contribution in [2.24, 2.45) is 0 Å². The van der Waals surface area contributed by atoms with Crippen LogP contribution in [0.1, 0.15) is 11.7 Å². The number of halogens is 3. The van der Waals surface area contributed by atoms with Gasteiger partial charge in [0, 0.05) is 5.02 Å². The van der Waals surface area contributed by atoms with Crippen molar-refractivity contribution in [3.8, 4) is 0 Å². The Kier molecular flexibility index (Phi) is 3.32. The predicted octanol–water partition coefficient (Wildman–Crippen LogP) is 2.75. The Balaban J connectivity index is 3.00. The highest BCUT2D eigenvalue weighted by Crippen LogP contribution is 2.20. The van der Waals surface area contributed by atoms with E-state index in [2.05, 4.69) is 0 Å². The van der Waals surface area contributed by atoms with Gasteiger partial charge in [-0.15, -0.1) is 11.6 Å². The molecule has 1 rings (SSSR count). The molecule has 1 nitrogen and oxygen atoms in total. The van der Waals surface area contributed by atoms with Gasteiger partial charge in [0.05, 0.1) is 12.0 Å². The monoisotopic (exact) mass is 208 g/mol. The van der Waals surface area contributed by atoms with E-state index in [1.54, 1.807) is 0 Å². The number of hydrogen-bond donors (Lipinski definition) is 1. The lowest BCUT2D eigenvalue weighted by atomic mass is 10.1. The maximum absolute atomic E-state index is 12.7. The Labute approximate surface area is 79.7 Å². The molecule has 0 aliphatic carbocycles. The first kappa shape index (κ1) is 9.78. The largest absolute Gasteiger partial charge is 0.387 e. The smallest absolute Gasteiger partial charge is 0.125 e. The first-order chi connectivity index (χ1) is 5.63. The molecule has 1 aromatic carbocycles. The minimum Gasteiger partial charge on any atom is -0.387 e. The van der Waals surface area contributed by atoms with Crippen LogP contribution in [-0.4, -0.2) is 11.0 Å². The number of benzene rings is 1. The van der Waals surface area contributed by atoms with E-state index in [9.17, 15) is 9.50 Å². The van der Waals surface area contributed by atoms with Crippen LogP contribution in [0.3, 0.4) is 0 Å². The molecule has 0 saturated carbocycles. The number of rotatable bonds is 2. The van der Waals surface area contributed by atoms with Crippen LogP contribution in [0.25, 0.3) is 0 Å². The summed E-state index contributed by atoms with van der Waals surface area (Å²) in [6.45, 7) is 0. The number of alkyl halides is 1. The van der Waals surface area contributed by atoms with Crippen molar-refractivity contribution in [1.29, 1.82) is 0 Å². The van der Waals surface area contributed by atoms with Gasteiger partial charge in [-0.1, -0.05) is 11.6 Å². The molecule has 0 heterocycles. The summed E-state index contributed by atoms with van der Waals surface area (Å²) in [5.74, 6) is -0.443. The second kappa shape index (κ2) is 4.08. The third kappa shape index (κ3) is 2.34. The summed E-state index contributed by atoms with van der Waals surface area (Å²) >= 11 is 10.9. The van der Waals surface area contributed by atoms with Crippen LogP contribution in [0.4, 0.5) is 4.39 Å². The summed E-state index contributed by atoms with van der Waals surface area (Å²) in [6, 6.07) is 3.86. The van der Waals surface area contributed by atoms with Gasteiger partial charge in [0.1, 0.15) is 5.82 Å². The standard InChI is InChI=1S/C8H7Cl2FO/c9-4-8(12)5-1-6(10)3-7(11)2-5/h1-3,8,12H,4H2/t8-/m1/s1. The average molecular weight is 209 g/mol. The van der Waals surface area contributed by atoms with E-state index >= 15 is 0 Å². The van der Waals surface area contributed by atoms with Gasteiger partial charge in [0.2, 0.25) is 0 Å². The molecule has 0 aromatic heterocycles. The number of hydrogen-bond acceptors (Lipinski definition) is 1. The SMILES string of the molecule is O[C@H](CCl)c1cc(F)cc(Cl)c1. The zero-order valence-corrected chi connectivity index (χ0v) is 7.61. The quantitative estimate of drug-likeness (QED) is 0.742. The summed E-state index contributed by atoms with van der Waals surface area (Å²) in [5.41, 5.74) is 0.398. The van der Waals surface area contributed by atoms with Gasteiger partial charge in [-0.3, -0.25) is 0 Å². The average Bonchev–Trinajstić information content (AvgIpc) is 2.01. The minimum atomic E-state index is -0.861. The maximum atomic E-state index is 12.7. The molecule has 0 saturated heterocycles. The Bertz CT molecular complexity index is 258. The molecule has 0 unspecified atom stereocenters. The number of aliphatic hydroxyl groups excluding tert-OH is 1. The molecule has 12 heavy (non-hydrogen) atoms. The van der Waals surface area contributed by atoms with E-state index in [0.29, 0.717) is 5.56 Å². The van der Waals surface area contributed by atoms with E-state index < -0.39 is 11.9 Å². The van der Waals surface area contributed by atoms with Gasteiger partial charge >= 0.3 is 0 Å². The third-order valence-corrected chi connectivity index (χ3v) is 1.93. The molecule has 4 heteroatoms. The molecular formula is C8H7Cl2FO. The molecule has 0 amide bonds. The summed E-state index contributed by atoms with van der Waals surface area (Å²) < 4.78 is 12.7. The molecule has 1 N–H and O–H groups in total. The van der Waals surface area contributed by atoms with Crippen molar-refractivity contribution in [2.75, 3.05) is 5.88 Å². The fourth-order valence-electron chi connectivity index (χ4n) is 0.857. The highest BCUT2D eigenvalue weighted by Gasteiger charge is 2.07. The predicted molar refractivity (Wildman–Crippen MR) is 47.1 cm³/mol. The topological polar surface area (TPSA) is 20.2 Å². The molecule has 1 aromatic rings. The van der Waals surface area contributed by atoms with Crippen LogP contribution in [0.15, 0.2) is 18.2 Å². The first-order valence-electron chi connectivity index (χ1n) is 3.33. The van der Waals surface area contributed by atoms with E-state index in [0.717, 1.165) is 0 Å². The van der Waals surface area contributed by atoms with E-state index in [1.165, 1.54) is 18.2 Å². The lowest BCUT2D eigenvalue weighted by molar-refractivity contribution is 0.202. The van der Waals surface area contributed by atoms with Gasteiger partial charge in [-0.2, -0.15) is 0 Å². The molecule has 0 spiro atoms. The molecule has 0 fully saturated rings. The van der Waals surface area contributed by atoms with Crippen molar-refractivity contribution < 1.29 is 9.50 Å². The lowest BCUT2D eigenvalue weighted by Crippen LogP contribution is -1.98. The van der Waals surface area contributed by atoms with Crippen molar-refractivity contribution in [3.63, 3.8) is 0 Å². The molecule has 0 radical (unpaired) electrons. The van der Waals surface area contributed by atoms with Crippen LogP contribution in [0.2, 0.25) is 5.02 Å². The van der Waals surface area contributed by atoms with Crippen molar-refractivity contribution >= 4 is 23.2 Å². The van der Waals surface area contributed by atoms with Crippen LogP contribution < -0.4 is 0 Å². The zero-order valence-electron chi connectivity index (χ0n) is 6.10. The second-order valence-electron chi connectivity index (χ2n) is 2.37. The maximum Gasteiger partial charge on any atom is 0.125 e. The van der Waals surface area contributed by atoms with Gasteiger partial charge in [0.25, 0.3) is 0 Å². The highest BCUT2D eigenvalue weighted by molar-refractivity contribution is 6.30. The number of aliphatic hydroxyl groups is 1. The molecule has 1 atom stereocenters. The van der Waals surface area contributed by atoms with Gasteiger partial charge < -0.3 is 5.11 Å². The Morgan fingerprint density at radius 3 is 2.58 bits per heavy atom. The lowest BCUT2D eigenvalue weighted by Gasteiger charge is -2.06. The van der Waals surface area contributed by atoms with Gasteiger partial charge in [-0.05, 0) is 23.8 Å². The van der Waals surface area contributed by atoms with Gasteiger partial charge in [0.15, 0.2) is 0 Å². The van der Waals surface area contributed by atoms with Crippen LogP contribution in [0, 0.1) is 5.82 Å².